The Morgan fingerprint density at radius 1 is 1.00 bits per heavy atom. The zero-order valence-electron chi connectivity index (χ0n) is 11.1. The predicted octanol–water partition coefficient (Wildman–Crippen LogP) is 4.36. The van der Waals surface area contributed by atoms with Gasteiger partial charge in [-0.2, -0.15) is 0 Å². The van der Waals surface area contributed by atoms with Gasteiger partial charge in [0.25, 0.3) is 0 Å². The molecule has 0 spiro atoms. The molecule has 0 aliphatic heterocycles. The smallest absolute Gasteiger partial charge is 0.343 e. The first-order chi connectivity index (χ1) is 9.88. The fraction of sp³-hybridized carbons (Fsp3) is 0.0625. The van der Waals surface area contributed by atoms with Gasteiger partial charge in [-0.15, -0.1) is 0 Å². The molecule has 108 valence electrons. The summed E-state index contributed by atoms with van der Waals surface area (Å²) in [6, 6.07) is 7.57. The van der Waals surface area contributed by atoms with E-state index in [-0.39, 0.29) is 5.56 Å². The molecule has 21 heavy (non-hydrogen) atoms. The van der Waals surface area contributed by atoms with Crippen molar-refractivity contribution in [2.45, 2.75) is 6.92 Å². The lowest BCUT2D eigenvalue weighted by Crippen LogP contribution is -2.09. The van der Waals surface area contributed by atoms with Crippen molar-refractivity contribution in [3.63, 3.8) is 0 Å². The number of hydrogen-bond acceptors (Lipinski definition) is 2. The average molecular weight is 292 g/mol. The van der Waals surface area contributed by atoms with Crippen LogP contribution in [-0.2, 0) is 0 Å². The molecular formula is C16H11F3O2. The van der Waals surface area contributed by atoms with Crippen LogP contribution in [0.5, 0.6) is 5.75 Å². The minimum atomic E-state index is -1.61. The highest BCUT2D eigenvalue weighted by atomic mass is 19.2. The Bertz CT molecular complexity index is 683. The van der Waals surface area contributed by atoms with E-state index in [1.165, 1.54) is 12.1 Å². The van der Waals surface area contributed by atoms with Crippen molar-refractivity contribution in [2.75, 3.05) is 0 Å². The number of carbonyl (C=O) groups excluding carboxylic acids is 1. The molecule has 2 aromatic rings. The molecule has 2 nitrogen and oxygen atoms in total. The van der Waals surface area contributed by atoms with E-state index in [2.05, 4.69) is 6.58 Å². The monoisotopic (exact) mass is 292 g/mol. The quantitative estimate of drug-likeness (QED) is 0.477. The molecule has 5 heteroatoms. The molecule has 0 saturated heterocycles. The summed E-state index contributed by atoms with van der Waals surface area (Å²) in [5, 5.41) is 0. The Balaban J connectivity index is 2.20. The van der Waals surface area contributed by atoms with Crippen LogP contribution in [0.15, 0.2) is 43.0 Å². The maximum atomic E-state index is 13.0. The van der Waals surface area contributed by atoms with Gasteiger partial charge in [-0.05, 0) is 24.6 Å². The SMILES string of the molecule is C=C(C)c1ccc(C(=O)Oc2cc(F)c(F)c(F)c2)cc1. The van der Waals surface area contributed by atoms with Crippen molar-refractivity contribution >= 4 is 11.5 Å². The van der Waals surface area contributed by atoms with Crippen LogP contribution >= 0.6 is 0 Å². The van der Waals surface area contributed by atoms with Gasteiger partial charge < -0.3 is 4.74 Å². The van der Waals surface area contributed by atoms with E-state index in [0.29, 0.717) is 12.1 Å². The fourth-order valence-corrected chi connectivity index (χ4v) is 1.65. The van der Waals surface area contributed by atoms with Crippen molar-refractivity contribution in [2.24, 2.45) is 0 Å². The van der Waals surface area contributed by atoms with E-state index in [0.717, 1.165) is 11.1 Å². The topological polar surface area (TPSA) is 26.3 Å². The molecule has 0 N–H and O–H groups in total. The van der Waals surface area contributed by atoms with Gasteiger partial charge >= 0.3 is 5.97 Å². The zero-order chi connectivity index (χ0) is 15.6. The molecular weight excluding hydrogens is 281 g/mol. The number of carbonyl (C=O) groups is 1. The van der Waals surface area contributed by atoms with Crippen LogP contribution in [0, 0.1) is 17.5 Å². The van der Waals surface area contributed by atoms with Crippen LogP contribution in [0.4, 0.5) is 13.2 Å². The van der Waals surface area contributed by atoms with Crippen molar-refractivity contribution in [3.8, 4) is 5.75 Å². The van der Waals surface area contributed by atoms with E-state index >= 15 is 0 Å². The molecule has 0 aliphatic rings. The largest absolute Gasteiger partial charge is 0.423 e. The normalized spacial score (nSPS) is 10.3. The maximum absolute atomic E-state index is 13.0. The van der Waals surface area contributed by atoms with E-state index in [1.54, 1.807) is 12.1 Å². The van der Waals surface area contributed by atoms with Crippen LogP contribution in [0.2, 0.25) is 0 Å². The number of esters is 1. The summed E-state index contributed by atoms with van der Waals surface area (Å²) in [4.78, 5) is 11.8. The van der Waals surface area contributed by atoms with Crippen LogP contribution in [0.1, 0.15) is 22.8 Å². The molecule has 0 aliphatic carbocycles. The van der Waals surface area contributed by atoms with Crippen molar-refractivity contribution in [1.29, 1.82) is 0 Å². The molecule has 0 atom stereocenters. The van der Waals surface area contributed by atoms with E-state index in [1.807, 2.05) is 6.92 Å². The van der Waals surface area contributed by atoms with E-state index < -0.39 is 29.2 Å². The fourth-order valence-electron chi connectivity index (χ4n) is 1.65. The molecule has 0 saturated carbocycles. The highest BCUT2D eigenvalue weighted by molar-refractivity contribution is 5.91. The summed E-state index contributed by atoms with van der Waals surface area (Å²) >= 11 is 0. The van der Waals surface area contributed by atoms with Crippen LogP contribution < -0.4 is 4.74 Å². The number of benzene rings is 2. The first-order valence-corrected chi connectivity index (χ1v) is 6.01. The molecule has 0 unspecified atom stereocenters. The second-order valence-corrected chi connectivity index (χ2v) is 4.45. The Labute approximate surface area is 119 Å². The first-order valence-electron chi connectivity index (χ1n) is 6.01. The summed E-state index contributed by atoms with van der Waals surface area (Å²) in [6.45, 7) is 5.58. The summed E-state index contributed by atoms with van der Waals surface area (Å²) in [7, 11) is 0. The molecule has 0 bridgehead atoms. The zero-order valence-corrected chi connectivity index (χ0v) is 11.1. The minimum absolute atomic E-state index is 0.199. The lowest BCUT2D eigenvalue weighted by Gasteiger charge is -2.06. The molecule has 2 rings (SSSR count). The van der Waals surface area contributed by atoms with Crippen molar-refractivity contribution in [3.05, 3.63) is 71.6 Å². The minimum Gasteiger partial charge on any atom is -0.423 e. The summed E-state index contributed by atoms with van der Waals surface area (Å²) in [6.07, 6.45) is 0. The molecule has 0 amide bonds. The van der Waals surface area contributed by atoms with Gasteiger partial charge in [0, 0.05) is 12.1 Å². The molecule has 0 aromatic heterocycles. The number of ether oxygens (including phenoxy) is 1. The van der Waals surface area contributed by atoms with Crippen LogP contribution in [0.25, 0.3) is 5.57 Å². The second-order valence-electron chi connectivity index (χ2n) is 4.45. The first kappa shape index (κ1) is 14.8. The Morgan fingerprint density at radius 3 is 1.95 bits per heavy atom. The average Bonchev–Trinajstić information content (AvgIpc) is 2.44. The predicted molar refractivity (Wildman–Crippen MR) is 72.4 cm³/mol. The van der Waals surface area contributed by atoms with Gasteiger partial charge in [0.1, 0.15) is 5.75 Å². The highest BCUT2D eigenvalue weighted by Gasteiger charge is 2.14. The van der Waals surface area contributed by atoms with Crippen LogP contribution in [-0.4, -0.2) is 5.97 Å². The molecule has 2 aromatic carbocycles. The molecule has 0 radical (unpaired) electrons. The lowest BCUT2D eigenvalue weighted by atomic mass is 10.1. The third kappa shape index (κ3) is 3.31. The van der Waals surface area contributed by atoms with E-state index in [9.17, 15) is 18.0 Å². The number of halogens is 3. The Kier molecular flexibility index (Phi) is 4.12. The van der Waals surface area contributed by atoms with Gasteiger partial charge in [0.05, 0.1) is 5.56 Å². The standard InChI is InChI=1S/C16H11F3O2/c1-9(2)10-3-5-11(6-4-10)16(20)21-12-7-13(17)15(19)14(18)8-12/h3-8H,1H2,2H3. The Hall–Kier alpha value is -2.56. The van der Waals surface area contributed by atoms with Gasteiger partial charge in [-0.3, -0.25) is 0 Å². The van der Waals surface area contributed by atoms with Gasteiger partial charge in [-0.25, -0.2) is 18.0 Å². The number of hydrogen-bond donors (Lipinski definition) is 0. The lowest BCUT2D eigenvalue weighted by molar-refractivity contribution is 0.0733. The van der Waals surface area contributed by atoms with E-state index in [4.69, 9.17) is 4.74 Å². The Morgan fingerprint density at radius 2 is 1.48 bits per heavy atom. The molecule has 0 heterocycles. The summed E-state index contributed by atoms with van der Waals surface area (Å²) < 4.78 is 43.6. The third-order valence-electron chi connectivity index (χ3n) is 2.78. The van der Waals surface area contributed by atoms with Crippen molar-refractivity contribution in [1.82, 2.24) is 0 Å². The van der Waals surface area contributed by atoms with Gasteiger partial charge in [0.2, 0.25) is 0 Å². The van der Waals surface area contributed by atoms with Gasteiger partial charge in [-0.1, -0.05) is 24.3 Å². The van der Waals surface area contributed by atoms with Gasteiger partial charge in [0.15, 0.2) is 17.5 Å². The second kappa shape index (κ2) is 5.83. The summed E-state index contributed by atoms with van der Waals surface area (Å²) in [5.41, 5.74) is 1.88. The number of allylic oxidation sites excluding steroid dienone is 1. The van der Waals surface area contributed by atoms with Crippen molar-refractivity contribution < 1.29 is 22.7 Å². The molecule has 0 fully saturated rings. The number of rotatable bonds is 3. The van der Waals surface area contributed by atoms with Crippen LogP contribution in [0.3, 0.4) is 0 Å². The maximum Gasteiger partial charge on any atom is 0.343 e. The summed E-state index contributed by atoms with van der Waals surface area (Å²) in [5.74, 6) is -5.65. The third-order valence-corrected chi connectivity index (χ3v) is 2.78. The highest BCUT2D eigenvalue weighted by Crippen LogP contribution is 2.21.